The number of rotatable bonds is 8. The molecule has 126 valence electrons. The third-order valence-corrected chi connectivity index (χ3v) is 3.40. The van der Waals surface area contributed by atoms with Crippen LogP contribution in [0.25, 0.3) is 0 Å². The Morgan fingerprint density at radius 2 is 1.95 bits per heavy atom. The summed E-state index contributed by atoms with van der Waals surface area (Å²) in [5, 5.41) is 6.69. The first-order valence-corrected chi connectivity index (χ1v) is 8.08. The first-order valence-electron chi connectivity index (χ1n) is 8.08. The van der Waals surface area contributed by atoms with Crippen molar-refractivity contribution < 1.29 is 4.74 Å². The number of halogens is 1. The Kier molecular flexibility index (Phi) is 13.5. The minimum Gasteiger partial charge on any atom is -0.379 e. The summed E-state index contributed by atoms with van der Waals surface area (Å²) in [7, 11) is 0. The molecule has 1 rings (SSSR count). The van der Waals surface area contributed by atoms with Gasteiger partial charge >= 0.3 is 0 Å². The number of hydrogen-bond donors (Lipinski definition) is 2. The summed E-state index contributed by atoms with van der Waals surface area (Å²) in [4.78, 5) is 7.16. The van der Waals surface area contributed by atoms with Gasteiger partial charge in [-0.25, -0.2) is 0 Å². The third kappa shape index (κ3) is 10.3. The number of nitrogens with zero attached hydrogens (tertiary/aromatic N) is 2. The molecule has 0 aromatic rings. The predicted molar refractivity (Wildman–Crippen MR) is 101 cm³/mol. The van der Waals surface area contributed by atoms with Gasteiger partial charge in [0.2, 0.25) is 0 Å². The molecule has 0 bridgehead atoms. The second-order valence-electron chi connectivity index (χ2n) is 5.52. The first-order chi connectivity index (χ1) is 9.76. The van der Waals surface area contributed by atoms with Gasteiger partial charge in [0.1, 0.15) is 0 Å². The standard InChI is InChI=1S/C15H32N4O.HI/c1-4-6-7-17-15(16-5-2)18-12-14(3)13-19-8-10-20-11-9-19;/h14H,4-13H2,1-3H3,(H2,16,17,18);1H. The molecule has 1 unspecified atom stereocenters. The number of nitrogens with one attached hydrogen (secondary N) is 2. The van der Waals surface area contributed by atoms with Crippen molar-refractivity contribution in [1.29, 1.82) is 0 Å². The fraction of sp³-hybridized carbons (Fsp3) is 0.933. The smallest absolute Gasteiger partial charge is 0.191 e. The van der Waals surface area contributed by atoms with E-state index >= 15 is 0 Å². The van der Waals surface area contributed by atoms with Gasteiger partial charge < -0.3 is 15.4 Å². The summed E-state index contributed by atoms with van der Waals surface area (Å²) in [6, 6.07) is 0. The highest BCUT2D eigenvalue weighted by Gasteiger charge is 2.13. The lowest BCUT2D eigenvalue weighted by atomic mass is 10.1. The van der Waals surface area contributed by atoms with Crippen molar-refractivity contribution in [3.63, 3.8) is 0 Å². The number of guanidine groups is 1. The second kappa shape index (κ2) is 13.6. The van der Waals surface area contributed by atoms with Gasteiger partial charge in [0.25, 0.3) is 0 Å². The maximum atomic E-state index is 5.38. The molecule has 0 aromatic carbocycles. The van der Waals surface area contributed by atoms with E-state index in [2.05, 4.69) is 41.3 Å². The van der Waals surface area contributed by atoms with E-state index in [0.717, 1.165) is 58.4 Å². The molecule has 0 aromatic heterocycles. The number of hydrogen-bond acceptors (Lipinski definition) is 3. The van der Waals surface area contributed by atoms with Crippen molar-refractivity contribution in [2.24, 2.45) is 10.9 Å². The van der Waals surface area contributed by atoms with Crippen molar-refractivity contribution in [1.82, 2.24) is 15.5 Å². The zero-order valence-electron chi connectivity index (χ0n) is 13.9. The van der Waals surface area contributed by atoms with Crippen LogP contribution in [0.15, 0.2) is 4.99 Å². The van der Waals surface area contributed by atoms with Gasteiger partial charge in [-0.1, -0.05) is 20.3 Å². The molecule has 0 saturated carbocycles. The molecule has 0 amide bonds. The van der Waals surface area contributed by atoms with Gasteiger partial charge in [0.05, 0.1) is 13.2 Å². The molecule has 1 atom stereocenters. The van der Waals surface area contributed by atoms with Crippen molar-refractivity contribution in [3.05, 3.63) is 0 Å². The lowest BCUT2D eigenvalue weighted by Crippen LogP contribution is -2.40. The van der Waals surface area contributed by atoms with E-state index in [0.29, 0.717) is 5.92 Å². The first kappa shape index (κ1) is 20.9. The highest BCUT2D eigenvalue weighted by atomic mass is 127. The van der Waals surface area contributed by atoms with Gasteiger partial charge in [-0.2, -0.15) is 0 Å². The number of morpholine rings is 1. The molecule has 1 aliphatic rings. The average molecular weight is 412 g/mol. The van der Waals surface area contributed by atoms with Crippen LogP contribution in [-0.4, -0.2) is 63.3 Å². The molecule has 0 spiro atoms. The molecule has 6 heteroatoms. The van der Waals surface area contributed by atoms with Crippen LogP contribution >= 0.6 is 24.0 Å². The van der Waals surface area contributed by atoms with Gasteiger partial charge in [-0.15, -0.1) is 24.0 Å². The fourth-order valence-electron chi connectivity index (χ4n) is 2.25. The molecule has 21 heavy (non-hydrogen) atoms. The van der Waals surface area contributed by atoms with Crippen molar-refractivity contribution in [2.75, 3.05) is 52.5 Å². The highest BCUT2D eigenvalue weighted by molar-refractivity contribution is 14.0. The van der Waals surface area contributed by atoms with Crippen LogP contribution < -0.4 is 10.6 Å². The Morgan fingerprint density at radius 3 is 2.57 bits per heavy atom. The Morgan fingerprint density at radius 1 is 1.24 bits per heavy atom. The van der Waals surface area contributed by atoms with Crippen LogP contribution in [0, 0.1) is 5.92 Å². The number of unbranched alkanes of at least 4 members (excludes halogenated alkanes) is 1. The van der Waals surface area contributed by atoms with Gasteiger partial charge in [-0.05, 0) is 19.3 Å². The number of aliphatic imine (C=N–C) groups is 1. The molecule has 1 aliphatic heterocycles. The molecule has 1 fully saturated rings. The van der Waals surface area contributed by atoms with Crippen LogP contribution in [0.3, 0.4) is 0 Å². The summed E-state index contributed by atoms with van der Waals surface area (Å²) in [5.74, 6) is 1.53. The van der Waals surface area contributed by atoms with E-state index in [4.69, 9.17) is 4.74 Å². The van der Waals surface area contributed by atoms with Gasteiger partial charge in [-0.3, -0.25) is 9.89 Å². The van der Waals surface area contributed by atoms with Crippen molar-refractivity contribution >= 4 is 29.9 Å². The minimum absolute atomic E-state index is 0. The molecule has 0 aliphatic carbocycles. The molecule has 0 radical (unpaired) electrons. The number of ether oxygens (including phenoxy) is 1. The van der Waals surface area contributed by atoms with Gasteiger partial charge in [0, 0.05) is 39.3 Å². The largest absolute Gasteiger partial charge is 0.379 e. The highest BCUT2D eigenvalue weighted by Crippen LogP contribution is 2.03. The molecular formula is C15H33IN4O. The van der Waals surface area contributed by atoms with Crippen LogP contribution in [-0.2, 0) is 4.74 Å². The Balaban J connectivity index is 0.00000400. The zero-order valence-corrected chi connectivity index (χ0v) is 16.2. The third-order valence-electron chi connectivity index (χ3n) is 3.40. The topological polar surface area (TPSA) is 48.9 Å². The molecule has 5 nitrogen and oxygen atoms in total. The van der Waals surface area contributed by atoms with E-state index in [1.54, 1.807) is 0 Å². The Bertz CT molecular complexity index is 270. The minimum atomic E-state index is 0. The maximum Gasteiger partial charge on any atom is 0.191 e. The van der Waals surface area contributed by atoms with Gasteiger partial charge in [0.15, 0.2) is 5.96 Å². The normalized spacial score (nSPS) is 18.0. The Labute approximate surface area is 147 Å². The molecular weight excluding hydrogens is 379 g/mol. The molecule has 2 N–H and O–H groups in total. The SMILES string of the molecule is CCCCNC(=NCC(C)CN1CCOCC1)NCC.I. The molecule has 1 heterocycles. The van der Waals surface area contributed by atoms with E-state index in [1.807, 2.05) is 0 Å². The Hall–Kier alpha value is -0.0800. The van der Waals surface area contributed by atoms with Crippen LogP contribution in [0.4, 0.5) is 0 Å². The lowest BCUT2D eigenvalue weighted by molar-refractivity contribution is 0.0323. The summed E-state index contributed by atoms with van der Waals surface area (Å²) in [6.45, 7) is 14.3. The quantitative estimate of drug-likeness (QED) is 0.277. The van der Waals surface area contributed by atoms with Crippen molar-refractivity contribution in [3.8, 4) is 0 Å². The monoisotopic (exact) mass is 412 g/mol. The molecule has 1 saturated heterocycles. The van der Waals surface area contributed by atoms with Crippen LogP contribution in [0.2, 0.25) is 0 Å². The van der Waals surface area contributed by atoms with Crippen LogP contribution in [0.5, 0.6) is 0 Å². The summed E-state index contributed by atoms with van der Waals surface area (Å²) in [6.07, 6.45) is 2.40. The lowest BCUT2D eigenvalue weighted by Gasteiger charge is -2.28. The second-order valence-corrected chi connectivity index (χ2v) is 5.52. The summed E-state index contributed by atoms with van der Waals surface area (Å²) in [5.41, 5.74) is 0. The summed E-state index contributed by atoms with van der Waals surface area (Å²) >= 11 is 0. The van der Waals surface area contributed by atoms with Crippen LogP contribution in [0.1, 0.15) is 33.6 Å². The summed E-state index contributed by atoms with van der Waals surface area (Å²) < 4.78 is 5.38. The van der Waals surface area contributed by atoms with E-state index in [1.165, 1.54) is 12.8 Å². The zero-order chi connectivity index (χ0) is 14.6. The van der Waals surface area contributed by atoms with E-state index in [-0.39, 0.29) is 24.0 Å². The predicted octanol–water partition coefficient (Wildman–Crippen LogP) is 1.93. The van der Waals surface area contributed by atoms with E-state index in [9.17, 15) is 0 Å². The fourth-order valence-corrected chi connectivity index (χ4v) is 2.25. The average Bonchev–Trinajstić information content (AvgIpc) is 2.46. The van der Waals surface area contributed by atoms with Crippen molar-refractivity contribution in [2.45, 2.75) is 33.6 Å². The van der Waals surface area contributed by atoms with E-state index < -0.39 is 0 Å². The maximum absolute atomic E-state index is 5.38.